The van der Waals surface area contributed by atoms with Crippen molar-refractivity contribution < 1.29 is 0 Å². The van der Waals surface area contributed by atoms with Crippen LogP contribution in [0.1, 0.15) is 38.3 Å². The molecule has 1 N–H and O–H groups in total. The highest BCUT2D eigenvalue weighted by Gasteiger charge is 2.36. The highest BCUT2D eigenvalue weighted by atomic mass is 15.2. The first-order valence-corrected chi connectivity index (χ1v) is 6.61. The quantitative estimate of drug-likeness (QED) is 0.858. The second-order valence-electron chi connectivity index (χ2n) is 5.59. The van der Waals surface area contributed by atoms with Crippen molar-refractivity contribution in [3.63, 3.8) is 0 Å². The normalized spacial score (nSPS) is 21.6. The minimum atomic E-state index is 0.331. The van der Waals surface area contributed by atoms with E-state index in [1.165, 1.54) is 24.9 Å². The van der Waals surface area contributed by atoms with Gasteiger partial charge in [-0.1, -0.05) is 30.3 Å². The van der Waals surface area contributed by atoms with Gasteiger partial charge >= 0.3 is 0 Å². The van der Waals surface area contributed by atoms with Gasteiger partial charge in [-0.15, -0.1) is 0 Å². The third-order valence-corrected chi connectivity index (χ3v) is 3.92. The van der Waals surface area contributed by atoms with Gasteiger partial charge in [0, 0.05) is 18.1 Å². The maximum absolute atomic E-state index is 3.34. The van der Waals surface area contributed by atoms with E-state index in [0.717, 1.165) is 6.54 Å². The molecular formula is C15H24N2. The molecule has 0 aromatic heterocycles. The molecule has 1 saturated heterocycles. The molecule has 0 spiro atoms. The van der Waals surface area contributed by atoms with Gasteiger partial charge in [-0.2, -0.15) is 0 Å². The fourth-order valence-electron chi connectivity index (χ4n) is 2.98. The number of likely N-dealkylation sites (N-methyl/N-ethyl adjacent to an activating group) is 1. The van der Waals surface area contributed by atoms with Gasteiger partial charge < -0.3 is 5.32 Å². The molecule has 1 atom stereocenters. The molecule has 1 aromatic carbocycles. The molecule has 2 nitrogen and oxygen atoms in total. The van der Waals surface area contributed by atoms with E-state index in [-0.39, 0.29) is 0 Å². The lowest BCUT2D eigenvalue weighted by Crippen LogP contribution is -2.44. The molecular weight excluding hydrogens is 208 g/mol. The molecule has 0 radical (unpaired) electrons. The highest BCUT2D eigenvalue weighted by molar-refractivity contribution is 5.20. The Morgan fingerprint density at radius 3 is 2.53 bits per heavy atom. The number of rotatable bonds is 4. The number of nitrogens with one attached hydrogen (secondary N) is 1. The Balaban J connectivity index is 2.23. The molecule has 2 heteroatoms. The Kier molecular flexibility index (Phi) is 3.85. The number of nitrogens with zero attached hydrogens (tertiary/aromatic N) is 1. The van der Waals surface area contributed by atoms with Gasteiger partial charge in [-0.05, 0) is 45.8 Å². The van der Waals surface area contributed by atoms with Gasteiger partial charge in [-0.3, -0.25) is 4.90 Å². The zero-order valence-electron chi connectivity index (χ0n) is 11.2. The molecule has 1 aromatic rings. The van der Waals surface area contributed by atoms with Crippen LogP contribution in [0.5, 0.6) is 0 Å². The van der Waals surface area contributed by atoms with Crippen LogP contribution in [-0.2, 0) is 0 Å². The Morgan fingerprint density at radius 2 is 2.00 bits per heavy atom. The second kappa shape index (κ2) is 5.19. The first-order valence-electron chi connectivity index (χ1n) is 6.61. The van der Waals surface area contributed by atoms with E-state index in [2.05, 4.69) is 54.4 Å². The van der Waals surface area contributed by atoms with E-state index in [1.807, 2.05) is 7.05 Å². The average molecular weight is 232 g/mol. The van der Waals surface area contributed by atoms with E-state index >= 15 is 0 Å². The first-order chi connectivity index (χ1) is 8.15. The molecule has 0 aliphatic carbocycles. The summed E-state index contributed by atoms with van der Waals surface area (Å²) in [5, 5.41) is 3.34. The Labute approximate surface area is 105 Å². The standard InChI is InChI=1S/C15H24N2/c1-15(2)10-7-11-17(15)14(12-16-3)13-8-5-4-6-9-13/h4-6,8-9,14,16H,7,10-12H2,1-3H3. The summed E-state index contributed by atoms with van der Waals surface area (Å²) < 4.78 is 0. The SMILES string of the molecule is CNCC(c1ccccc1)N1CCCC1(C)C. The van der Waals surface area contributed by atoms with Gasteiger partial charge in [0.05, 0.1) is 0 Å². The Bertz CT molecular complexity index is 345. The summed E-state index contributed by atoms with van der Waals surface area (Å²) in [6, 6.07) is 11.4. The van der Waals surface area contributed by atoms with Crippen LogP contribution in [0.2, 0.25) is 0 Å². The molecule has 1 heterocycles. The van der Waals surface area contributed by atoms with Crippen LogP contribution in [0.3, 0.4) is 0 Å². The predicted octanol–water partition coefficient (Wildman–Crippen LogP) is 2.82. The second-order valence-corrected chi connectivity index (χ2v) is 5.59. The Hall–Kier alpha value is -0.860. The van der Waals surface area contributed by atoms with Crippen molar-refractivity contribution in [1.82, 2.24) is 10.2 Å². The molecule has 1 unspecified atom stereocenters. The minimum absolute atomic E-state index is 0.331. The molecule has 2 rings (SSSR count). The van der Waals surface area contributed by atoms with Gasteiger partial charge in [0.1, 0.15) is 0 Å². The van der Waals surface area contributed by atoms with Crippen molar-refractivity contribution in [3.8, 4) is 0 Å². The smallest absolute Gasteiger partial charge is 0.0477 e. The topological polar surface area (TPSA) is 15.3 Å². The maximum atomic E-state index is 3.34. The summed E-state index contributed by atoms with van der Waals surface area (Å²) in [5.41, 5.74) is 1.76. The lowest BCUT2D eigenvalue weighted by Gasteiger charge is -2.38. The largest absolute Gasteiger partial charge is 0.318 e. The predicted molar refractivity (Wildman–Crippen MR) is 73.1 cm³/mol. The third kappa shape index (κ3) is 2.70. The molecule has 0 bridgehead atoms. The third-order valence-electron chi connectivity index (χ3n) is 3.92. The van der Waals surface area contributed by atoms with Crippen LogP contribution in [0, 0.1) is 0 Å². The first kappa shape index (κ1) is 12.6. The van der Waals surface area contributed by atoms with Crippen molar-refractivity contribution >= 4 is 0 Å². The lowest BCUT2D eigenvalue weighted by molar-refractivity contribution is 0.115. The Morgan fingerprint density at radius 1 is 1.29 bits per heavy atom. The summed E-state index contributed by atoms with van der Waals surface area (Å²) in [4.78, 5) is 2.65. The molecule has 17 heavy (non-hydrogen) atoms. The number of hydrogen-bond acceptors (Lipinski definition) is 2. The van der Waals surface area contributed by atoms with Crippen LogP contribution in [0.15, 0.2) is 30.3 Å². The molecule has 94 valence electrons. The monoisotopic (exact) mass is 232 g/mol. The fraction of sp³-hybridized carbons (Fsp3) is 0.600. The summed E-state index contributed by atoms with van der Waals surface area (Å²) in [6.45, 7) is 6.97. The summed E-state index contributed by atoms with van der Waals surface area (Å²) >= 11 is 0. The van der Waals surface area contributed by atoms with Crippen LogP contribution in [0.25, 0.3) is 0 Å². The number of benzene rings is 1. The summed E-state index contributed by atoms with van der Waals surface area (Å²) in [7, 11) is 2.04. The average Bonchev–Trinajstić information content (AvgIpc) is 2.67. The summed E-state index contributed by atoms with van der Waals surface area (Å²) in [6.07, 6.45) is 2.63. The van der Waals surface area contributed by atoms with Gasteiger partial charge in [0.25, 0.3) is 0 Å². The van der Waals surface area contributed by atoms with Gasteiger partial charge in [0.15, 0.2) is 0 Å². The molecule has 0 saturated carbocycles. The van der Waals surface area contributed by atoms with E-state index in [4.69, 9.17) is 0 Å². The van der Waals surface area contributed by atoms with Crippen molar-refractivity contribution in [2.45, 2.75) is 38.3 Å². The van der Waals surface area contributed by atoms with Crippen molar-refractivity contribution in [2.75, 3.05) is 20.1 Å². The van der Waals surface area contributed by atoms with Crippen molar-refractivity contribution in [2.24, 2.45) is 0 Å². The van der Waals surface area contributed by atoms with E-state index < -0.39 is 0 Å². The fourth-order valence-corrected chi connectivity index (χ4v) is 2.98. The van der Waals surface area contributed by atoms with Gasteiger partial charge in [0.2, 0.25) is 0 Å². The summed E-state index contributed by atoms with van der Waals surface area (Å²) in [5.74, 6) is 0. The van der Waals surface area contributed by atoms with Gasteiger partial charge in [-0.25, -0.2) is 0 Å². The maximum Gasteiger partial charge on any atom is 0.0477 e. The van der Waals surface area contributed by atoms with E-state index in [1.54, 1.807) is 0 Å². The van der Waals surface area contributed by atoms with Crippen molar-refractivity contribution in [1.29, 1.82) is 0 Å². The molecule has 1 aliphatic heterocycles. The van der Waals surface area contributed by atoms with Crippen LogP contribution in [-0.4, -0.2) is 30.6 Å². The highest BCUT2D eigenvalue weighted by Crippen LogP contribution is 2.36. The molecule has 1 aliphatic rings. The van der Waals surface area contributed by atoms with E-state index in [9.17, 15) is 0 Å². The van der Waals surface area contributed by atoms with E-state index in [0.29, 0.717) is 11.6 Å². The minimum Gasteiger partial charge on any atom is -0.318 e. The molecule has 1 fully saturated rings. The zero-order valence-corrected chi connectivity index (χ0v) is 11.2. The molecule has 0 amide bonds. The zero-order chi connectivity index (χ0) is 12.3. The number of likely N-dealkylation sites (tertiary alicyclic amines) is 1. The van der Waals surface area contributed by atoms with Crippen LogP contribution >= 0.6 is 0 Å². The lowest BCUT2D eigenvalue weighted by atomic mass is 9.97. The van der Waals surface area contributed by atoms with Crippen LogP contribution < -0.4 is 5.32 Å². The van der Waals surface area contributed by atoms with Crippen LogP contribution in [0.4, 0.5) is 0 Å². The number of hydrogen-bond donors (Lipinski definition) is 1. The van der Waals surface area contributed by atoms with Crippen molar-refractivity contribution in [3.05, 3.63) is 35.9 Å².